The zero-order valence-corrected chi connectivity index (χ0v) is 14.8. The highest BCUT2D eigenvalue weighted by molar-refractivity contribution is 5.68. The van der Waals surface area contributed by atoms with Gasteiger partial charge in [0.05, 0.1) is 7.11 Å². The third-order valence-electron chi connectivity index (χ3n) is 4.27. The van der Waals surface area contributed by atoms with Crippen LogP contribution in [0.4, 0.5) is 11.4 Å². The van der Waals surface area contributed by atoms with Crippen molar-refractivity contribution in [3.63, 3.8) is 0 Å². The average Bonchev–Trinajstić information content (AvgIpc) is 2.54. The van der Waals surface area contributed by atoms with E-state index in [1.165, 1.54) is 0 Å². The maximum Gasteiger partial charge on any atom is 0.272 e. The van der Waals surface area contributed by atoms with Crippen LogP contribution in [0.15, 0.2) is 16.9 Å². The van der Waals surface area contributed by atoms with Gasteiger partial charge >= 0.3 is 0 Å². The van der Waals surface area contributed by atoms with E-state index in [0.717, 1.165) is 41.0 Å². The molecule has 0 atom stereocenters. The smallest absolute Gasteiger partial charge is 0.272 e. The Balaban J connectivity index is 2.61. The average molecular weight is 315 g/mol. The molecule has 0 fully saturated rings. The Morgan fingerprint density at radius 1 is 1.13 bits per heavy atom. The van der Waals surface area contributed by atoms with Gasteiger partial charge in [-0.2, -0.15) is 0 Å². The summed E-state index contributed by atoms with van der Waals surface area (Å²) in [5, 5.41) is 0. The van der Waals surface area contributed by atoms with Crippen molar-refractivity contribution >= 4 is 11.4 Å². The number of pyridine rings is 2. The van der Waals surface area contributed by atoms with Crippen molar-refractivity contribution in [3.05, 3.63) is 45.0 Å². The Morgan fingerprint density at radius 3 is 2.30 bits per heavy atom. The molecule has 0 bridgehead atoms. The molecule has 0 aliphatic rings. The van der Waals surface area contributed by atoms with Crippen LogP contribution in [-0.4, -0.2) is 24.1 Å². The second-order valence-corrected chi connectivity index (χ2v) is 5.66. The summed E-state index contributed by atoms with van der Waals surface area (Å²) in [7, 11) is 3.47. The van der Waals surface area contributed by atoms with Gasteiger partial charge in [0, 0.05) is 18.4 Å². The van der Waals surface area contributed by atoms with E-state index in [1.807, 2.05) is 37.9 Å². The quantitative estimate of drug-likeness (QED) is 0.920. The lowest BCUT2D eigenvalue weighted by molar-refractivity contribution is 0.397. The van der Waals surface area contributed by atoms with Gasteiger partial charge in [0.25, 0.3) is 5.56 Å². The van der Waals surface area contributed by atoms with Crippen molar-refractivity contribution < 1.29 is 4.74 Å². The summed E-state index contributed by atoms with van der Waals surface area (Å²) in [6.07, 6.45) is 1.75. The second kappa shape index (κ2) is 6.86. The van der Waals surface area contributed by atoms with Gasteiger partial charge in [-0.25, -0.2) is 4.98 Å². The fourth-order valence-electron chi connectivity index (χ4n) is 2.76. The summed E-state index contributed by atoms with van der Waals surface area (Å²) in [6, 6.07) is 3.99. The topological polar surface area (TPSA) is 58.2 Å². The number of H-pyrrole nitrogens is 1. The highest BCUT2D eigenvalue weighted by Crippen LogP contribution is 2.32. The Kier molecular flexibility index (Phi) is 5.08. The van der Waals surface area contributed by atoms with Crippen LogP contribution in [0.25, 0.3) is 0 Å². The van der Waals surface area contributed by atoms with E-state index >= 15 is 0 Å². The van der Waals surface area contributed by atoms with E-state index in [1.54, 1.807) is 7.11 Å². The third-order valence-corrected chi connectivity index (χ3v) is 4.27. The van der Waals surface area contributed by atoms with E-state index in [0.29, 0.717) is 11.6 Å². The molecule has 0 saturated carbocycles. The number of hydrogen-bond acceptors (Lipinski definition) is 4. The summed E-state index contributed by atoms with van der Waals surface area (Å²) < 4.78 is 5.42. The first kappa shape index (κ1) is 17.1. The lowest BCUT2D eigenvalue weighted by atomic mass is 10.1. The van der Waals surface area contributed by atoms with Gasteiger partial charge in [-0.15, -0.1) is 0 Å². The molecule has 0 amide bonds. The van der Waals surface area contributed by atoms with Crippen molar-refractivity contribution in [1.82, 2.24) is 9.97 Å². The fourth-order valence-corrected chi connectivity index (χ4v) is 2.76. The molecule has 5 nitrogen and oxygen atoms in total. The van der Waals surface area contributed by atoms with Gasteiger partial charge in [-0.3, -0.25) is 4.79 Å². The normalized spacial score (nSPS) is 10.7. The van der Waals surface area contributed by atoms with Crippen LogP contribution in [0.2, 0.25) is 0 Å². The molecule has 0 saturated heterocycles. The second-order valence-electron chi connectivity index (χ2n) is 5.66. The molecule has 0 radical (unpaired) electrons. The van der Waals surface area contributed by atoms with Crippen LogP contribution in [0.5, 0.6) is 5.88 Å². The van der Waals surface area contributed by atoms with Crippen LogP contribution < -0.4 is 15.2 Å². The monoisotopic (exact) mass is 315 g/mol. The fraction of sp³-hybridized carbons (Fsp3) is 0.444. The summed E-state index contributed by atoms with van der Waals surface area (Å²) in [6.45, 7) is 8.06. The highest BCUT2D eigenvalue weighted by atomic mass is 16.5. The van der Waals surface area contributed by atoms with Gasteiger partial charge in [-0.1, -0.05) is 13.8 Å². The molecule has 2 aromatic heterocycles. The zero-order valence-electron chi connectivity index (χ0n) is 14.8. The first-order chi connectivity index (χ1) is 10.9. The van der Waals surface area contributed by atoms with E-state index in [-0.39, 0.29) is 5.56 Å². The molecule has 0 spiro atoms. The molecule has 2 aromatic rings. The number of ether oxygens (including phenoxy) is 1. The summed E-state index contributed by atoms with van der Waals surface area (Å²) in [4.78, 5) is 21.7. The zero-order chi connectivity index (χ0) is 17.1. The lowest BCUT2D eigenvalue weighted by Gasteiger charge is -2.22. The standard InChI is InChI=1S/C18H25N3O2/c1-7-13-9-15(17(22)19-11(13)3)21(5)16-10-14(8-2)12(4)20-18(16)23-6/h9-10H,7-8H2,1-6H3,(H,19,22). The van der Waals surface area contributed by atoms with E-state index < -0.39 is 0 Å². The van der Waals surface area contributed by atoms with Crippen molar-refractivity contribution in [2.45, 2.75) is 40.5 Å². The van der Waals surface area contributed by atoms with Crippen LogP contribution in [0, 0.1) is 13.8 Å². The van der Waals surface area contributed by atoms with Gasteiger partial charge in [0.15, 0.2) is 0 Å². The molecule has 1 N–H and O–H groups in total. The molecular weight excluding hydrogens is 290 g/mol. The van der Waals surface area contributed by atoms with Gasteiger partial charge < -0.3 is 14.6 Å². The van der Waals surface area contributed by atoms with Crippen molar-refractivity contribution in [2.24, 2.45) is 0 Å². The number of nitrogens with zero attached hydrogens (tertiary/aromatic N) is 2. The molecule has 2 rings (SSSR count). The predicted octanol–water partition coefficient (Wildman–Crippen LogP) is 3.29. The van der Waals surface area contributed by atoms with Crippen LogP contribution in [0.1, 0.15) is 36.4 Å². The molecule has 0 unspecified atom stereocenters. The molecule has 0 aliphatic carbocycles. The molecule has 23 heavy (non-hydrogen) atoms. The highest BCUT2D eigenvalue weighted by Gasteiger charge is 2.17. The van der Waals surface area contributed by atoms with Crippen LogP contribution >= 0.6 is 0 Å². The number of nitrogens with one attached hydrogen (secondary N) is 1. The Bertz CT molecular complexity index is 766. The maximum atomic E-state index is 12.4. The predicted molar refractivity (Wildman–Crippen MR) is 94.1 cm³/mol. The number of aryl methyl sites for hydroxylation is 4. The first-order valence-corrected chi connectivity index (χ1v) is 7.93. The molecular formula is C18H25N3O2. The number of methoxy groups -OCH3 is 1. The Morgan fingerprint density at radius 2 is 1.74 bits per heavy atom. The Hall–Kier alpha value is -2.30. The number of anilines is 2. The summed E-state index contributed by atoms with van der Waals surface area (Å²) >= 11 is 0. The maximum absolute atomic E-state index is 12.4. The number of rotatable bonds is 5. The van der Waals surface area contributed by atoms with E-state index in [2.05, 4.69) is 23.8 Å². The van der Waals surface area contributed by atoms with Gasteiger partial charge in [0.2, 0.25) is 5.88 Å². The molecule has 0 aliphatic heterocycles. The van der Waals surface area contributed by atoms with Crippen molar-refractivity contribution in [1.29, 1.82) is 0 Å². The summed E-state index contributed by atoms with van der Waals surface area (Å²) in [5.41, 5.74) is 5.42. The van der Waals surface area contributed by atoms with Crippen LogP contribution in [-0.2, 0) is 12.8 Å². The largest absolute Gasteiger partial charge is 0.480 e. The minimum Gasteiger partial charge on any atom is -0.480 e. The minimum absolute atomic E-state index is 0.108. The minimum atomic E-state index is -0.108. The van der Waals surface area contributed by atoms with Gasteiger partial charge in [-0.05, 0) is 49.9 Å². The molecule has 2 heterocycles. The number of aromatic amines is 1. The third kappa shape index (κ3) is 3.23. The number of aromatic nitrogens is 2. The first-order valence-electron chi connectivity index (χ1n) is 7.93. The SMILES string of the molecule is CCc1cc(N(C)c2cc(CC)c(C)[nH]c2=O)c(OC)nc1C. The van der Waals surface area contributed by atoms with E-state index in [4.69, 9.17) is 4.74 Å². The molecule has 0 aromatic carbocycles. The lowest BCUT2D eigenvalue weighted by Crippen LogP contribution is -2.23. The van der Waals surface area contributed by atoms with Crippen LogP contribution in [0.3, 0.4) is 0 Å². The van der Waals surface area contributed by atoms with Crippen molar-refractivity contribution in [3.8, 4) is 5.88 Å². The van der Waals surface area contributed by atoms with Gasteiger partial charge in [0.1, 0.15) is 11.4 Å². The summed E-state index contributed by atoms with van der Waals surface area (Å²) in [5.74, 6) is 0.528. The number of hydrogen-bond donors (Lipinski definition) is 1. The van der Waals surface area contributed by atoms with E-state index in [9.17, 15) is 4.79 Å². The Labute approximate surface area is 137 Å². The molecule has 124 valence electrons. The molecule has 5 heteroatoms. The van der Waals surface area contributed by atoms with Crippen molar-refractivity contribution in [2.75, 3.05) is 19.1 Å².